The number of rotatable bonds is 7. The minimum Gasteiger partial charge on any atom is -0.411 e. The molecule has 0 saturated carbocycles. The van der Waals surface area contributed by atoms with E-state index in [9.17, 15) is 4.39 Å². The van der Waals surface area contributed by atoms with Crippen molar-refractivity contribution in [2.45, 2.75) is 19.3 Å². The van der Waals surface area contributed by atoms with Gasteiger partial charge in [0.25, 0.3) is 0 Å². The van der Waals surface area contributed by atoms with Crippen LogP contribution in [0.3, 0.4) is 0 Å². The van der Waals surface area contributed by atoms with Crippen LogP contribution in [-0.2, 0) is 6.42 Å². The fourth-order valence-corrected chi connectivity index (χ4v) is 2.73. The van der Waals surface area contributed by atoms with Gasteiger partial charge in [-0.2, -0.15) is 0 Å². The van der Waals surface area contributed by atoms with Crippen LogP contribution in [0.1, 0.15) is 24.2 Å². The second kappa shape index (κ2) is 8.19. The van der Waals surface area contributed by atoms with E-state index < -0.39 is 0 Å². The first-order chi connectivity index (χ1) is 12.3. The molecule has 0 radical (unpaired) electrons. The number of aromatic nitrogens is 2. The van der Waals surface area contributed by atoms with Gasteiger partial charge in [-0.25, -0.2) is 4.39 Å². The Labute approximate surface area is 145 Å². The van der Waals surface area contributed by atoms with Gasteiger partial charge >= 0.3 is 0 Å². The molecule has 3 rings (SSSR count). The monoisotopic (exact) mass is 338 g/mol. The smallest absolute Gasteiger partial charge is 0.134 e. The molecule has 0 spiro atoms. The Hall–Kier alpha value is -3.02. The van der Waals surface area contributed by atoms with E-state index in [0.29, 0.717) is 16.6 Å². The van der Waals surface area contributed by atoms with Crippen molar-refractivity contribution < 1.29 is 9.60 Å². The summed E-state index contributed by atoms with van der Waals surface area (Å²) in [4.78, 5) is 8.58. The lowest BCUT2D eigenvalue weighted by atomic mass is 10.1. The van der Waals surface area contributed by atoms with Gasteiger partial charge in [0.2, 0.25) is 0 Å². The zero-order valence-electron chi connectivity index (χ0n) is 13.7. The van der Waals surface area contributed by atoms with Crippen molar-refractivity contribution in [1.29, 1.82) is 0 Å². The molecule has 0 aliphatic rings. The highest BCUT2D eigenvalue weighted by molar-refractivity contribution is 5.91. The lowest BCUT2D eigenvalue weighted by Crippen LogP contribution is -2.04. The SMILES string of the molecule is ON=Cc1cccc(CCCCNc2ccnc3cccc(F)c23)n1. The fourth-order valence-electron chi connectivity index (χ4n) is 2.73. The average Bonchev–Trinajstić information content (AvgIpc) is 2.62. The summed E-state index contributed by atoms with van der Waals surface area (Å²) in [5.74, 6) is -0.264. The summed E-state index contributed by atoms with van der Waals surface area (Å²) in [5.41, 5.74) is 3.01. The predicted octanol–water partition coefficient (Wildman–Crippen LogP) is 4.01. The molecule has 2 N–H and O–H groups in total. The summed E-state index contributed by atoms with van der Waals surface area (Å²) < 4.78 is 14.0. The summed E-state index contributed by atoms with van der Waals surface area (Å²) in [6, 6.07) is 12.3. The Kier molecular flexibility index (Phi) is 5.51. The number of aryl methyl sites for hydroxylation is 1. The van der Waals surface area contributed by atoms with Gasteiger partial charge in [0.1, 0.15) is 5.82 Å². The normalized spacial score (nSPS) is 11.2. The van der Waals surface area contributed by atoms with Gasteiger partial charge in [-0.15, -0.1) is 0 Å². The van der Waals surface area contributed by atoms with E-state index in [1.807, 2.05) is 12.1 Å². The molecule has 25 heavy (non-hydrogen) atoms. The number of fused-ring (bicyclic) bond motifs is 1. The average molecular weight is 338 g/mol. The molecule has 0 bridgehead atoms. The fraction of sp³-hybridized carbons (Fsp3) is 0.211. The third kappa shape index (κ3) is 4.29. The number of unbranched alkanes of at least 4 members (excludes halogenated alkanes) is 1. The zero-order valence-corrected chi connectivity index (χ0v) is 13.7. The van der Waals surface area contributed by atoms with Crippen LogP contribution in [0.4, 0.5) is 10.1 Å². The molecule has 2 heterocycles. The van der Waals surface area contributed by atoms with E-state index in [4.69, 9.17) is 5.21 Å². The zero-order chi connectivity index (χ0) is 17.5. The van der Waals surface area contributed by atoms with Crippen molar-refractivity contribution in [2.75, 3.05) is 11.9 Å². The van der Waals surface area contributed by atoms with Crippen molar-refractivity contribution in [1.82, 2.24) is 9.97 Å². The summed E-state index contributed by atoms with van der Waals surface area (Å²) in [6.45, 7) is 0.741. The summed E-state index contributed by atoms with van der Waals surface area (Å²) >= 11 is 0. The van der Waals surface area contributed by atoms with Crippen LogP contribution in [-0.4, -0.2) is 27.9 Å². The van der Waals surface area contributed by atoms with Crippen molar-refractivity contribution in [3.63, 3.8) is 0 Å². The summed E-state index contributed by atoms with van der Waals surface area (Å²) in [6.07, 6.45) is 5.71. The first-order valence-electron chi connectivity index (χ1n) is 8.18. The molecule has 1 aromatic carbocycles. The van der Waals surface area contributed by atoms with Gasteiger partial charge in [0.05, 0.1) is 22.8 Å². The van der Waals surface area contributed by atoms with E-state index in [2.05, 4.69) is 20.4 Å². The number of hydrogen-bond donors (Lipinski definition) is 2. The van der Waals surface area contributed by atoms with E-state index in [0.717, 1.165) is 37.2 Å². The van der Waals surface area contributed by atoms with Gasteiger partial charge in [-0.1, -0.05) is 17.3 Å². The Morgan fingerprint density at radius 1 is 1.12 bits per heavy atom. The topological polar surface area (TPSA) is 70.4 Å². The van der Waals surface area contributed by atoms with E-state index >= 15 is 0 Å². The van der Waals surface area contributed by atoms with Gasteiger partial charge in [-0.05, 0) is 49.6 Å². The number of hydrogen-bond acceptors (Lipinski definition) is 5. The third-order valence-electron chi connectivity index (χ3n) is 3.91. The highest BCUT2D eigenvalue weighted by atomic mass is 19.1. The number of halogens is 1. The van der Waals surface area contributed by atoms with Crippen molar-refractivity contribution in [3.05, 3.63) is 65.9 Å². The van der Waals surface area contributed by atoms with Crippen LogP contribution in [0.25, 0.3) is 10.9 Å². The lowest BCUT2D eigenvalue weighted by Gasteiger charge is -2.10. The maximum absolute atomic E-state index is 14.0. The Bertz CT molecular complexity index is 877. The second-order valence-corrected chi connectivity index (χ2v) is 5.67. The number of anilines is 1. The van der Waals surface area contributed by atoms with Gasteiger partial charge in [-0.3, -0.25) is 9.97 Å². The number of oxime groups is 1. The minimum atomic E-state index is -0.264. The van der Waals surface area contributed by atoms with E-state index in [1.165, 1.54) is 12.3 Å². The number of nitrogens with zero attached hydrogens (tertiary/aromatic N) is 3. The van der Waals surface area contributed by atoms with Crippen molar-refractivity contribution in [3.8, 4) is 0 Å². The third-order valence-corrected chi connectivity index (χ3v) is 3.91. The van der Waals surface area contributed by atoms with Crippen LogP contribution < -0.4 is 5.32 Å². The lowest BCUT2D eigenvalue weighted by molar-refractivity contribution is 0.321. The largest absolute Gasteiger partial charge is 0.411 e. The highest BCUT2D eigenvalue weighted by Crippen LogP contribution is 2.24. The molecule has 5 nitrogen and oxygen atoms in total. The molecule has 3 aromatic rings. The Morgan fingerprint density at radius 3 is 2.88 bits per heavy atom. The maximum atomic E-state index is 14.0. The molecule has 0 fully saturated rings. The summed E-state index contributed by atoms with van der Waals surface area (Å²) in [7, 11) is 0. The molecular formula is C19H19FN4O. The molecule has 0 unspecified atom stereocenters. The summed E-state index contributed by atoms with van der Waals surface area (Å²) in [5, 5.41) is 15.4. The van der Waals surface area contributed by atoms with Gasteiger partial charge in [0, 0.05) is 24.1 Å². The van der Waals surface area contributed by atoms with Crippen LogP contribution in [0.15, 0.2) is 53.8 Å². The van der Waals surface area contributed by atoms with Crippen LogP contribution >= 0.6 is 0 Å². The molecule has 6 heteroatoms. The Balaban J connectivity index is 1.53. The number of benzene rings is 1. The maximum Gasteiger partial charge on any atom is 0.134 e. The predicted molar refractivity (Wildman–Crippen MR) is 96.7 cm³/mol. The number of pyridine rings is 2. The molecule has 0 atom stereocenters. The molecule has 0 saturated heterocycles. The van der Waals surface area contributed by atoms with E-state index in [1.54, 1.807) is 30.5 Å². The minimum absolute atomic E-state index is 0.264. The molecule has 0 aliphatic carbocycles. The first-order valence-corrected chi connectivity index (χ1v) is 8.18. The van der Waals surface area contributed by atoms with Crippen LogP contribution in [0, 0.1) is 5.82 Å². The second-order valence-electron chi connectivity index (χ2n) is 5.67. The first kappa shape index (κ1) is 16.8. The molecule has 0 amide bonds. The highest BCUT2D eigenvalue weighted by Gasteiger charge is 2.06. The quantitative estimate of drug-likeness (QED) is 0.295. The van der Waals surface area contributed by atoms with Crippen LogP contribution in [0.5, 0.6) is 0 Å². The van der Waals surface area contributed by atoms with Crippen molar-refractivity contribution >= 4 is 22.8 Å². The molecule has 0 aliphatic heterocycles. The van der Waals surface area contributed by atoms with Gasteiger partial charge < -0.3 is 10.5 Å². The Morgan fingerprint density at radius 2 is 2.00 bits per heavy atom. The standard InChI is InChI=1S/C19H19FN4O/c20-16-8-4-9-17-19(16)18(10-12-22-17)21-11-2-1-5-14-6-3-7-15(24-14)13-23-25/h3-4,6-10,12-13,25H,1-2,5,11H2,(H,21,22). The van der Waals surface area contributed by atoms with Crippen LogP contribution in [0.2, 0.25) is 0 Å². The molecule has 128 valence electrons. The van der Waals surface area contributed by atoms with Gasteiger partial charge in [0.15, 0.2) is 0 Å². The van der Waals surface area contributed by atoms with E-state index in [-0.39, 0.29) is 5.82 Å². The molecule has 2 aromatic heterocycles. The molecular weight excluding hydrogens is 319 g/mol. The number of nitrogens with one attached hydrogen (secondary N) is 1. The van der Waals surface area contributed by atoms with Crippen molar-refractivity contribution in [2.24, 2.45) is 5.16 Å².